The highest BCUT2D eigenvalue weighted by Crippen LogP contribution is 2.29. The number of benzene rings is 2. The molecule has 0 aliphatic heterocycles. The Morgan fingerprint density at radius 2 is 1.35 bits per heavy atom. The van der Waals surface area contributed by atoms with Crippen LogP contribution in [0.2, 0.25) is 0 Å². The normalized spacial score (nSPS) is 11.7. The molecular formula is C18H21N3O2. The molecule has 0 aliphatic rings. The van der Waals surface area contributed by atoms with Crippen LogP contribution in [-0.2, 0) is 9.59 Å². The van der Waals surface area contributed by atoms with Crippen molar-refractivity contribution >= 4 is 23.2 Å². The summed E-state index contributed by atoms with van der Waals surface area (Å²) >= 11 is 0. The number of hydrogen-bond acceptors (Lipinski definition) is 3. The SMILES string of the molecule is NC(=O)CCCC(C(N)=O)N(c1ccccc1)c1ccccc1. The lowest BCUT2D eigenvalue weighted by molar-refractivity contribution is -0.120. The lowest BCUT2D eigenvalue weighted by Gasteiger charge is -2.32. The van der Waals surface area contributed by atoms with Crippen LogP contribution in [0.1, 0.15) is 19.3 Å². The molecule has 1 atom stereocenters. The molecule has 23 heavy (non-hydrogen) atoms. The van der Waals surface area contributed by atoms with Gasteiger partial charge in [-0.3, -0.25) is 9.59 Å². The van der Waals surface area contributed by atoms with Crippen molar-refractivity contribution in [1.29, 1.82) is 0 Å². The van der Waals surface area contributed by atoms with Gasteiger partial charge < -0.3 is 16.4 Å². The largest absolute Gasteiger partial charge is 0.370 e. The third-order valence-corrected chi connectivity index (χ3v) is 3.61. The van der Waals surface area contributed by atoms with Crippen LogP contribution in [0.15, 0.2) is 60.7 Å². The van der Waals surface area contributed by atoms with E-state index in [0.717, 1.165) is 11.4 Å². The molecular weight excluding hydrogens is 290 g/mol. The van der Waals surface area contributed by atoms with Gasteiger partial charge in [-0.2, -0.15) is 0 Å². The first-order valence-corrected chi connectivity index (χ1v) is 7.56. The summed E-state index contributed by atoms with van der Waals surface area (Å²) in [5.41, 5.74) is 12.6. The first kappa shape index (κ1) is 16.5. The molecule has 0 heterocycles. The van der Waals surface area contributed by atoms with Gasteiger partial charge in [0.1, 0.15) is 6.04 Å². The number of nitrogens with two attached hydrogens (primary N) is 2. The number of carbonyl (C=O) groups is 2. The van der Waals surface area contributed by atoms with Crippen LogP contribution in [0.5, 0.6) is 0 Å². The quantitative estimate of drug-likeness (QED) is 0.784. The van der Waals surface area contributed by atoms with Gasteiger partial charge in [0.05, 0.1) is 0 Å². The van der Waals surface area contributed by atoms with E-state index in [4.69, 9.17) is 11.5 Å². The van der Waals surface area contributed by atoms with Gasteiger partial charge in [0.2, 0.25) is 11.8 Å². The van der Waals surface area contributed by atoms with E-state index in [2.05, 4.69) is 0 Å². The lowest BCUT2D eigenvalue weighted by atomic mass is 10.0. The van der Waals surface area contributed by atoms with Gasteiger partial charge >= 0.3 is 0 Å². The van der Waals surface area contributed by atoms with Gasteiger partial charge in [0.15, 0.2) is 0 Å². The second-order valence-electron chi connectivity index (χ2n) is 5.32. The average Bonchev–Trinajstić information content (AvgIpc) is 2.55. The summed E-state index contributed by atoms with van der Waals surface area (Å²) in [6.45, 7) is 0. The number of amides is 2. The maximum absolute atomic E-state index is 12.0. The Labute approximate surface area is 135 Å². The molecule has 0 aromatic heterocycles. The molecule has 5 nitrogen and oxygen atoms in total. The van der Waals surface area contributed by atoms with Crippen molar-refractivity contribution in [1.82, 2.24) is 0 Å². The minimum Gasteiger partial charge on any atom is -0.370 e. The van der Waals surface area contributed by atoms with Crippen LogP contribution in [0.25, 0.3) is 0 Å². The second kappa shape index (κ2) is 7.98. The summed E-state index contributed by atoms with van der Waals surface area (Å²) in [7, 11) is 0. The predicted molar refractivity (Wildman–Crippen MR) is 91.1 cm³/mol. The first-order valence-electron chi connectivity index (χ1n) is 7.56. The van der Waals surface area contributed by atoms with Crippen LogP contribution in [0.4, 0.5) is 11.4 Å². The standard InChI is InChI=1S/C18H21N3O2/c19-17(22)13-7-12-16(18(20)23)21(14-8-3-1-4-9-14)15-10-5-2-6-11-15/h1-6,8-11,16H,7,12-13H2,(H2,19,22)(H2,20,23). The molecule has 0 bridgehead atoms. The smallest absolute Gasteiger partial charge is 0.240 e. The Kier molecular flexibility index (Phi) is 5.74. The number of hydrogen-bond donors (Lipinski definition) is 2. The van der Waals surface area contributed by atoms with Crippen molar-refractivity contribution in [3.8, 4) is 0 Å². The summed E-state index contributed by atoms with van der Waals surface area (Å²) < 4.78 is 0. The highest BCUT2D eigenvalue weighted by molar-refractivity contribution is 5.87. The number of para-hydroxylation sites is 2. The van der Waals surface area contributed by atoms with E-state index in [9.17, 15) is 9.59 Å². The molecule has 0 radical (unpaired) electrons. The molecule has 2 aromatic carbocycles. The fraction of sp³-hybridized carbons (Fsp3) is 0.222. The van der Waals surface area contributed by atoms with E-state index >= 15 is 0 Å². The molecule has 2 rings (SSSR count). The van der Waals surface area contributed by atoms with Gasteiger partial charge in [-0.1, -0.05) is 36.4 Å². The Morgan fingerprint density at radius 3 is 1.74 bits per heavy atom. The number of primary amides is 2. The van der Waals surface area contributed by atoms with Crippen LogP contribution >= 0.6 is 0 Å². The molecule has 5 heteroatoms. The monoisotopic (exact) mass is 311 g/mol. The molecule has 4 N–H and O–H groups in total. The number of nitrogens with zero attached hydrogens (tertiary/aromatic N) is 1. The van der Waals surface area contributed by atoms with Crippen molar-refractivity contribution in [3.63, 3.8) is 0 Å². The summed E-state index contributed by atoms with van der Waals surface area (Å²) in [5.74, 6) is -0.804. The number of rotatable bonds is 8. The highest BCUT2D eigenvalue weighted by Gasteiger charge is 2.25. The van der Waals surface area contributed by atoms with Gasteiger partial charge in [-0.15, -0.1) is 0 Å². The predicted octanol–water partition coefficient (Wildman–Crippen LogP) is 2.33. The molecule has 0 fully saturated rings. The maximum Gasteiger partial charge on any atom is 0.240 e. The molecule has 2 amide bonds. The Bertz CT molecular complexity index is 604. The van der Waals surface area contributed by atoms with Gasteiger partial charge in [0, 0.05) is 17.8 Å². The third-order valence-electron chi connectivity index (χ3n) is 3.61. The summed E-state index contributed by atoms with van der Waals surface area (Å²) in [6.07, 6.45) is 1.21. The molecule has 0 saturated carbocycles. The minimum atomic E-state index is -0.542. The summed E-state index contributed by atoms with van der Waals surface area (Å²) in [6, 6.07) is 18.6. The van der Waals surface area contributed by atoms with E-state index < -0.39 is 11.9 Å². The minimum absolute atomic E-state index is 0.237. The average molecular weight is 311 g/mol. The Morgan fingerprint density at radius 1 is 0.870 bits per heavy atom. The van der Waals surface area contributed by atoms with Crippen molar-refractivity contribution in [2.45, 2.75) is 25.3 Å². The molecule has 0 saturated heterocycles. The number of carbonyl (C=O) groups excluding carboxylic acids is 2. The zero-order valence-electron chi connectivity index (χ0n) is 12.9. The first-order chi connectivity index (χ1) is 11.1. The lowest BCUT2D eigenvalue weighted by Crippen LogP contribution is -2.42. The van der Waals surface area contributed by atoms with E-state index in [0.29, 0.717) is 12.8 Å². The van der Waals surface area contributed by atoms with Crippen molar-refractivity contribution in [2.24, 2.45) is 11.5 Å². The van der Waals surface area contributed by atoms with E-state index in [1.165, 1.54) is 0 Å². The van der Waals surface area contributed by atoms with Crippen molar-refractivity contribution in [3.05, 3.63) is 60.7 Å². The Balaban J connectivity index is 2.33. The van der Waals surface area contributed by atoms with Gasteiger partial charge in [0.25, 0.3) is 0 Å². The van der Waals surface area contributed by atoms with Crippen LogP contribution in [0, 0.1) is 0 Å². The fourth-order valence-corrected chi connectivity index (χ4v) is 2.55. The molecule has 0 aliphatic carbocycles. The van der Waals surface area contributed by atoms with Crippen molar-refractivity contribution in [2.75, 3.05) is 4.90 Å². The van der Waals surface area contributed by atoms with Crippen molar-refractivity contribution < 1.29 is 9.59 Å². The molecule has 120 valence electrons. The van der Waals surface area contributed by atoms with Crippen LogP contribution in [-0.4, -0.2) is 17.9 Å². The molecule has 2 aromatic rings. The van der Waals surface area contributed by atoms with Gasteiger partial charge in [-0.25, -0.2) is 0 Å². The second-order valence-corrected chi connectivity index (χ2v) is 5.32. The molecule has 0 spiro atoms. The molecule has 1 unspecified atom stereocenters. The van der Waals surface area contributed by atoms with Crippen LogP contribution in [0.3, 0.4) is 0 Å². The van der Waals surface area contributed by atoms with Crippen LogP contribution < -0.4 is 16.4 Å². The van der Waals surface area contributed by atoms with E-state index in [1.807, 2.05) is 65.6 Å². The van der Waals surface area contributed by atoms with E-state index in [1.54, 1.807) is 0 Å². The maximum atomic E-state index is 12.0. The summed E-state index contributed by atoms with van der Waals surface area (Å²) in [4.78, 5) is 24.9. The number of anilines is 2. The zero-order valence-corrected chi connectivity index (χ0v) is 12.9. The van der Waals surface area contributed by atoms with Gasteiger partial charge in [-0.05, 0) is 37.1 Å². The summed E-state index contributed by atoms with van der Waals surface area (Å²) in [5, 5.41) is 0. The zero-order chi connectivity index (χ0) is 16.7. The fourth-order valence-electron chi connectivity index (χ4n) is 2.55. The third kappa shape index (κ3) is 4.57. The Hall–Kier alpha value is -2.82. The topological polar surface area (TPSA) is 89.4 Å². The highest BCUT2D eigenvalue weighted by atomic mass is 16.1. The van der Waals surface area contributed by atoms with E-state index in [-0.39, 0.29) is 12.3 Å².